The van der Waals surface area contributed by atoms with E-state index in [4.69, 9.17) is 19.4 Å². The number of hydrogen-bond acceptors (Lipinski definition) is 11. The third-order valence-corrected chi connectivity index (χ3v) is 6.26. The van der Waals surface area contributed by atoms with Gasteiger partial charge in [0.05, 0.1) is 31.1 Å². The summed E-state index contributed by atoms with van der Waals surface area (Å²) in [4.78, 5) is 27.8. The summed E-state index contributed by atoms with van der Waals surface area (Å²) in [6, 6.07) is 4.18. The minimum absolute atomic E-state index is 0.0468. The molecule has 0 aliphatic carbocycles. The Labute approximate surface area is 198 Å². The van der Waals surface area contributed by atoms with Gasteiger partial charge in [-0.1, -0.05) is 26.3 Å². The fourth-order valence-electron chi connectivity index (χ4n) is 3.04. The molecular formula is C21H31N3O9S. The molecule has 0 spiro atoms. The standard InChI is InChI=1S/C21H31N3O9S/c1-3-13(2)18(22)21(28)24-34(29,30)32-12-16-20(27)19(26)15(33-16)9-11-31-17(25)8-7-14-6-4-5-10-23-14/h4-8,10,13,15-16,18-20,26-27H,3,9,11-12,22H2,1-2H3,(H,24,28). The first-order valence-electron chi connectivity index (χ1n) is 10.8. The molecule has 190 valence electrons. The molecule has 1 amide bonds. The lowest BCUT2D eigenvalue weighted by Gasteiger charge is -2.18. The number of pyridine rings is 1. The first-order chi connectivity index (χ1) is 16.0. The van der Waals surface area contributed by atoms with Crippen LogP contribution in [0.5, 0.6) is 0 Å². The summed E-state index contributed by atoms with van der Waals surface area (Å²) in [5.74, 6) is -1.79. The van der Waals surface area contributed by atoms with Gasteiger partial charge in [-0.2, -0.15) is 8.42 Å². The van der Waals surface area contributed by atoms with Gasteiger partial charge >= 0.3 is 16.3 Å². The van der Waals surface area contributed by atoms with Crippen LogP contribution in [0.15, 0.2) is 30.5 Å². The Morgan fingerprint density at radius 3 is 2.65 bits per heavy atom. The minimum atomic E-state index is -4.51. The van der Waals surface area contributed by atoms with Crippen molar-refractivity contribution in [2.45, 2.75) is 57.1 Å². The number of aliphatic hydroxyl groups is 2. The number of nitrogens with zero attached hydrogens (tertiary/aromatic N) is 1. The molecule has 1 aliphatic heterocycles. The molecule has 2 rings (SSSR count). The van der Waals surface area contributed by atoms with E-state index in [-0.39, 0.29) is 18.9 Å². The average molecular weight is 502 g/mol. The van der Waals surface area contributed by atoms with Crippen molar-refractivity contribution in [3.05, 3.63) is 36.2 Å². The van der Waals surface area contributed by atoms with Crippen LogP contribution in [0.1, 0.15) is 32.4 Å². The molecule has 12 nitrogen and oxygen atoms in total. The highest BCUT2D eigenvalue weighted by atomic mass is 32.2. The van der Waals surface area contributed by atoms with E-state index in [0.29, 0.717) is 12.1 Å². The van der Waals surface area contributed by atoms with Crippen molar-refractivity contribution in [1.29, 1.82) is 0 Å². The molecule has 6 unspecified atom stereocenters. The van der Waals surface area contributed by atoms with Gasteiger partial charge in [0.1, 0.15) is 18.3 Å². The minimum Gasteiger partial charge on any atom is -0.462 e. The van der Waals surface area contributed by atoms with E-state index in [1.54, 1.807) is 36.0 Å². The highest BCUT2D eigenvalue weighted by Gasteiger charge is 2.43. The summed E-state index contributed by atoms with van der Waals surface area (Å²) in [5, 5.41) is 20.3. The quantitative estimate of drug-likeness (QED) is 0.209. The van der Waals surface area contributed by atoms with Gasteiger partial charge in [-0.25, -0.2) is 9.52 Å². The zero-order valence-electron chi connectivity index (χ0n) is 18.9. The van der Waals surface area contributed by atoms with Crippen LogP contribution in [0.3, 0.4) is 0 Å². The third-order valence-electron chi connectivity index (χ3n) is 5.36. The van der Waals surface area contributed by atoms with Gasteiger partial charge in [-0.15, -0.1) is 0 Å². The predicted molar refractivity (Wildman–Crippen MR) is 120 cm³/mol. The highest BCUT2D eigenvalue weighted by Crippen LogP contribution is 2.24. The summed E-state index contributed by atoms with van der Waals surface area (Å²) in [5.41, 5.74) is 6.28. The van der Waals surface area contributed by atoms with E-state index in [9.17, 15) is 28.2 Å². The van der Waals surface area contributed by atoms with Crippen LogP contribution in [0.25, 0.3) is 6.08 Å². The number of ether oxygens (including phenoxy) is 2. The summed E-state index contributed by atoms with van der Waals surface area (Å²) >= 11 is 0. The molecule has 0 aromatic carbocycles. The summed E-state index contributed by atoms with van der Waals surface area (Å²) in [6.45, 7) is 2.75. The maximum atomic E-state index is 12.0. The molecule has 34 heavy (non-hydrogen) atoms. The van der Waals surface area contributed by atoms with Gasteiger partial charge in [-0.3, -0.25) is 14.0 Å². The van der Waals surface area contributed by atoms with E-state index >= 15 is 0 Å². The van der Waals surface area contributed by atoms with Crippen LogP contribution >= 0.6 is 0 Å². The summed E-state index contributed by atoms with van der Waals surface area (Å²) in [7, 11) is -4.51. The molecule has 2 heterocycles. The van der Waals surface area contributed by atoms with E-state index < -0.39 is 59.2 Å². The molecule has 1 fully saturated rings. The Bertz CT molecular complexity index is 942. The number of nitrogens with one attached hydrogen (secondary N) is 1. The second-order valence-electron chi connectivity index (χ2n) is 7.85. The average Bonchev–Trinajstić information content (AvgIpc) is 3.08. The maximum absolute atomic E-state index is 12.0. The van der Waals surface area contributed by atoms with Crippen LogP contribution < -0.4 is 10.5 Å². The largest absolute Gasteiger partial charge is 0.462 e. The second-order valence-corrected chi connectivity index (χ2v) is 9.20. The van der Waals surface area contributed by atoms with Crippen molar-refractivity contribution in [2.75, 3.05) is 13.2 Å². The van der Waals surface area contributed by atoms with Crippen LogP contribution in [0, 0.1) is 5.92 Å². The van der Waals surface area contributed by atoms with Gasteiger partial charge in [0, 0.05) is 18.7 Å². The number of aromatic nitrogens is 1. The van der Waals surface area contributed by atoms with Crippen LogP contribution in [-0.2, 0) is 33.6 Å². The fourth-order valence-corrected chi connectivity index (χ4v) is 3.80. The van der Waals surface area contributed by atoms with Crippen molar-refractivity contribution >= 4 is 28.3 Å². The Morgan fingerprint density at radius 1 is 1.29 bits per heavy atom. The number of carbonyl (C=O) groups is 2. The number of nitrogens with two attached hydrogens (primary N) is 1. The Hall–Kier alpha value is -2.42. The lowest BCUT2D eigenvalue weighted by Crippen LogP contribution is -2.47. The molecule has 5 N–H and O–H groups in total. The zero-order chi connectivity index (χ0) is 25.3. The molecule has 13 heteroatoms. The second kappa shape index (κ2) is 12.9. The Balaban J connectivity index is 1.78. The molecular weight excluding hydrogens is 470 g/mol. The zero-order valence-corrected chi connectivity index (χ0v) is 19.8. The van der Waals surface area contributed by atoms with E-state index in [0.717, 1.165) is 0 Å². The highest BCUT2D eigenvalue weighted by molar-refractivity contribution is 7.85. The number of rotatable bonds is 12. The van der Waals surface area contributed by atoms with Crippen molar-refractivity contribution in [3.8, 4) is 0 Å². The third kappa shape index (κ3) is 8.42. The van der Waals surface area contributed by atoms with Gasteiger partial charge in [0.25, 0.3) is 5.91 Å². The van der Waals surface area contributed by atoms with Crippen LogP contribution in [0.2, 0.25) is 0 Å². The van der Waals surface area contributed by atoms with Crippen molar-refractivity contribution < 1.29 is 41.9 Å². The fraction of sp³-hybridized carbons (Fsp3) is 0.571. The van der Waals surface area contributed by atoms with E-state index in [1.165, 1.54) is 12.2 Å². The topological polar surface area (TPSA) is 187 Å². The smallest absolute Gasteiger partial charge is 0.362 e. The van der Waals surface area contributed by atoms with Crippen molar-refractivity contribution in [1.82, 2.24) is 9.71 Å². The van der Waals surface area contributed by atoms with Crippen LogP contribution in [0.4, 0.5) is 0 Å². The normalized spacial score (nSPS) is 24.6. The van der Waals surface area contributed by atoms with E-state index in [2.05, 4.69) is 4.98 Å². The Morgan fingerprint density at radius 2 is 2.00 bits per heavy atom. The monoisotopic (exact) mass is 501 g/mol. The number of aliphatic hydroxyl groups excluding tert-OH is 2. The molecule has 1 saturated heterocycles. The van der Waals surface area contributed by atoms with Crippen molar-refractivity contribution in [2.24, 2.45) is 11.7 Å². The molecule has 0 bridgehead atoms. The van der Waals surface area contributed by atoms with Gasteiger partial charge in [0.15, 0.2) is 0 Å². The maximum Gasteiger partial charge on any atom is 0.362 e. The lowest BCUT2D eigenvalue weighted by atomic mass is 10.00. The Kier molecular flexibility index (Phi) is 10.5. The summed E-state index contributed by atoms with van der Waals surface area (Å²) in [6.07, 6.45) is -0.0252. The first kappa shape index (κ1) is 27.8. The van der Waals surface area contributed by atoms with Crippen molar-refractivity contribution in [3.63, 3.8) is 0 Å². The van der Waals surface area contributed by atoms with Gasteiger partial charge < -0.3 is 25.4 Å². The lowest BCUT2D eigenvalue weighted by molar-refractivity contribution is -0.139. The number of carbonyl (C=O) groups excluding carboxylic acids is 2. The van der Waals surface area contributed by atoms with Gasteiger partial charge in [0.2, 0.25) is 0 Å². The molecule has 6 atom stereocenters. The number of esters is 1. The number of amides is 1. The first-order valence-corrected chi connectivity index (χ1v) is 12.2. The molecule has 0 saturated carbocycles. The molecule has 0 radical (unpaired) electrons. The van der Waals surface area contributed by atoms with Gasteiger partial charge in [-0.05, 0) is 24.1 Å². The molecule has 1 aromatic heterocycles. The molecule has 1 aliphatic rings. The molecule has 1 aromatic rings. The number of hydrogen-bond donors (Lipinski definition) is 4. The summed E-state index contributed by atoms with van der Waals surface area (Å²) < 4.78 is 41.0. The van der Waals surface area contributed by atoms with Crippen LogP contribution in [-0.4, -0.2) is 79.2 Å². The predicted octanol–water partition coefficient (Wildman–Crippen LogP) is -0.732. The van der Waals surface area contributed by atoms with E-state index in [1.807, 2.05) is 6.92 Å². The SMILES string of the molecule is CCC(C)C(N)C(=O)NS(=O)(=O)OCC1OC(CCOC(=O)C=Cc2ccccn2)C(O)C1O.